The number of hydrogen-bond donors (Lipinski definition) is 1. The number of aromatic nitrogens is 1. The van der Waals surface area contributed by atoms with Crippen LogP contribution in [0, 0.1) is 0 Å². The van der Waals surface area contributed by atoms with Gasteiger partial charge in [-0.25, -0.2) is 4.99 Å². The van der Waals surface area contributed by atoms with E-state index in [9.17, 15) is 4.79 Å². The Kier molecular flexibility index (Phi) is 5.36. The average Bonchev–Trinajstić information content (AvgIpc) is 2.99. The van der Waals surface area contributed by atoms with Crippen LogP contribution >= 0.6 is 22.9 Å². The second-order valence-corrected chi connectivity index (χ2v) is 6.77. The van der Waals surface area contributed by atoms with Crippen LogP contribution in [0.1, 0.15) is 13.8 Å². The van der Waals surface area contributed by atoms with Gasteiger partial charge in [-0.15, -0.1) is 11.3 Å². The van der Waals surface area contributed by atoms with E-state index in [0.717, 1.165) is 39.0 Å². The predicted molar refractivity (Wildman–Crippen MR) is 104 cm³/mol. The number of nitrogens with zero attached hydrogens (tertiary/aromatic N) is 2. The molecule has 0 radical (unpaired) electrons. The Morgan fingerprint density at radius 1 is 1.16 bits per heavy atom. The number of halogens is 1. The summed E-state index contributed by atoms with van der Waals surface area (Å²) in [4.78, 5) is 16.8. The number of carbonyl (C=O) groups is 1. The van der Waals surface area contributed by atoms with Crippen LogP contribution in [-0.4, -0.2) is 10.5 Å². The van der Waals surface area contributed by atoms with Crippen molar-refractivity contribution in [3.05, 3.63) is 63.7 Å². The first kappa shape index (κ1) is 17.5. The smallest absolute Gasteiger partial charge is 0.221 e. The quantitative estimate of drug-likeness (QED) is 0.682. The molecule has 3 rings (SSSR count). The molecule has 0 bridgehead atoms. The molecule has 0 fully saturated rings. The van der Waals surface area contributed by atoms with Gasteiger partial charge in [0.2, 0.25) is 5.91 Å². The van der Waals surface area contributed by atoms with Gasteiger partial charge in [-0.05, 0) is 48.9 Å². The molecule has 0 unspecified atom stereocenters. The summed E-state index contributed by atoms with van der Waals surface area (Å²) in [6, 6.07) is 15.3. The molecule has 1 amide bonds. The Morgan fingerprint density at radius 2 is 1.84 bits per heavy atom. The first-order chi connectivity index (χ1) is 12.1. The summed E-state index contributed by atoms with van der Waals surface area (Å²) in [5.74, 6) is -0.0839. The number of anilines is 1. The van der Waals surface area contributed by atoms with Crippen molar-refractivity contribution in [1.29, 1.82) is 0 Å². The summed E-state index contributed by atoms with van der Waals surface area (Å²) in [5, 5.41) is 5.59. The highest BCUT2D eigenvalue weighted by Crippen LogP contribution is 2.23. The third-order valence-corrected chi connectivity index (χ3v) is 4.78. The van der Waals surface area contributed by atoms with Crippen LogP contribution in [0.4, 0.5) is 11.4 Å². The van der Waals surface area contributed by atoms with Gasteiger partial charge in [-0.3, -0.25) is 4.79 Å². The van der Waals surface area contributed by atoms with Gasteiger partial charge >= 0.3 is 0 Å². The molecule has 1 aromatic heterocycles. The minimum absolute atomic E-state index is 0.0839. The molecule has 0 aliphatic rings. The topological polar surface area (TPSA) is 46.4 Å². The Morgan fingerprint density at radius 3 is 2.44 bits per heavy atom. The Hall–Kier alpha value is -2.37. The molecule has 0 saturated heterocycles. The maximum atomic E-state index is 11.1. The van der Waals surface area contributed by atoms with Gasteiger partial charge in [0.1, 0.15) is 0 Å². The van der Waals surface area contributed by atoms with Crippen molar-refractivity contribution in [2.75, 3.05) is 5.32 Å². The SMILES string of the molecule is CCn1c(-c2ccc(Cl)cc2)csc1=Nc1ccc(NC(C)=O)cc1. The molecule has 0 aliphatic heterocycles. The lowest BCUT2D eigenvalue weighted by Gasteiger charge is -2.06. The van der Waals surface area contributed by atoms with Crippen molar-refractivity contribution in [1.82, 2.24) is 4.57 Å². The average molecular weight is 372 g/mol. The van der Waals surface area contributed by atoms with Gasteiger partial charge in [-0.1, -0.05) is 23.7 Å². The molecule has 6 heteroatoms. The van der Waals surface area contributed by atoms with Gasteiger partial charge in [0, 0.05) is 29.6 Å². The van der Waals surface area contributed by atoms with E-state index in [0.29, 0.717) is 0 Å². The molecule has 0 aliphatic carbocycles. The standard InChI is InChI=1S/C19H18ClN3OS/c1-3-23-18(14-4-6-15(20)7-5-14)12-25-19(23)22-17-10-8-16(9-11-17)21-13(2)24/h4-12H,3H2,1-2H3,(H,21,24). The van der Waals surface area contributed by atoms with Gasteiger partial charge < -0.3 is 9.88 Å². The van der Waals surface area contributed by atoms with Crippen LogP contribution < -0.4 is 10.1 Å². The first-order valence-corrected chi connectivity index (χ1v) is 9.19. The fourth-order valence-electron chi connectivity index (χ4n) is 2.51. The van der Waals surface area contributed by atoms with Gasteiger partial charge in [0.05, 0.1) is 11.4 Å². The predicted octanol–water partition coefficient (Wildman–Crippen LogP) is 5.08. The van der Waals surface area contributed by atoms with E-state index in [1.165, 1.54) is 6.92 Å². The molecule has 128 valence electrons. The normalized spacial score (nSPS) is 11.6. The molecule has 2 aromatic carbocycles. The van der Waals surface area contributed by atoms with Crippen molar-refractivity contribution in [3.8, 4) is 11.3 Å². The lowest BCUT2D eigenvalue weighted by Crippen LogP contribution is -2.14. The zero-order valence-corrected chi connectivity index (χ0v) is 15.6. The summed E-state index contributed by atoms with van der Waals surface area (Å²) in [5.41, 5.74) is 3.85. The van der Waals surface area contributed by atoms with Gasteiger partial charge in [-0.2, -0.15) is 0 Å². The van der Waals surface area contributed by atoms with E-state index in [4.69, 9.17) is 16.6 Å². The number of nitrogens with one attached hydrogen (secondary N) is 1. The Bertz CT molecular complexity index is 940. The van der Waals surface area contributed by atoms with E-state index in [1.54, 1.807) is 11.3 Å². The number of thiazole rings is 1. The lowest BCUT2D eigenvalue weighted by molar-refractivity contribution is -0.114. The molecule has 1 heterocycles. The summed E-state index contributed by atoms with van der Waals surface area (Å²) in [7, 11) is 0. The van der Waals surface area contributed by atoms with Crippen LogP contribution in [0.15, 0.2) is 58.9 Å². The van der Waals surface area contributed by atoms with Crippen molar-refractivity contribution < 1.29 is 4.79 Å². The maximum Gasteiger partial charge on any atom is 0.221 e. The molecule has 25 heavy (non-hydrogen) atoms. The Labute approximate surface area is 155 Å². The van der Waals surface area contributed by atoms with Crippen LogP contribution in [0.3, 0.4) is 0 Å². The minimum atomic E-state index is -0.0839. The molecule has 0 spiro atoms. The van der Waals surface area contributed by atoms with Crippen molar-refractivity contribution in [3.63, 3.8) is 0 Å². The van der Waals surface area contributed by atoms with E-state index in [2.05, 4.69) is 22.2 Å². The summed E-state index contributed by atoms with van der Waals surface area (Å²) < 4.78 is 2.18. The highest BCUT2D eigenvalue weighted by atomic mass is 35.5. The number of hydrogen-bond acceptors (Lipinski definition) is 3. The lowest BCUT2D eigenvalue weighted by atomic mass is 10.2. The third kappa shape index (κ3) is 4.18. The highest BCUT2D eigenvalue weighted by molar-refractivity contribution is 7.07. The van der Waals surface area contributed by atoms with Crippen LogP contribution in [0.2, 0.25) is 5.02 Å². The number of benzene rings is 2. The fraction of sp³-hybridized carbons (Fsp3) is 0.158. The molecule has 0 saturated carbocycles. The maximum absolute atomic E-state index is 11.1. The first-order valence-electron chi connectivity index (χ1n) is 7.93. The second-order valence-electron chi connectivity index (χ2n) is 5.49. The molecule has 0 atom stereocenters. The van der Waals surface area contributed by atoms with Crippen LogP contribution in [-0.2, 0) is 11.3 Å². The number of rotatable bonds is 4. The van der Waals surface area contributed by atoms with Crippen molar-refractivity contribution in [2.24, 2.45) is 4.99 Å². The molecule has 1 N–H and O–H groups in total. The molecule has 3 aromatic rings. The van der Waals surface area contributed by atoms with Crippen molar-refractivity contribution in [2.45, 2.75) is 20.4 Å². The number of carbonyl (C=O) groups excluding carboxylic acids is 1. The number of amides is 1. The van der Waals surface area contributed by atoms with Gasteiger partial charge in [0.25, 0.3) is 0 Å². The third-order valence-electron chi connectivity index (χ3n) is 3.67. The highest BCUT2D eigenvalue weighted by Gasteiger charge is 2.07. The summed E-state index contributed by atoms with van der Waals surface area (Å²) in [6.45, 7) is 4.42. The second kappa shape index (κ2) is 7.68. The molecular weight excluding hydrogens is 354 g/mol. The van der Waals surface area contributed by atoms with Crippen molar-refractivity contribution >= 4 is 40.2 Å². The summed E-state index contributed by atoms with van der Waals surface area (Å²) in [6.07, 6.45) is 0. The van der Waals surface area contributed by atoms with Crippen LogP contribution in [0.25, 0.3) is 11.3 Å². The van der Waals surface area contributed by atoms with Crippen LogP contribution in [0.5, 0.6) is 0 Å². The fourth-order valence-corrected chi connectivity index (χ4v) is 3.63. The zero-order valence-electron chi connectivity index (χ0n) is 14.0. The van der Waals surface area contributed by atoms with E-state index < -0.39 is 0 Å². The van der Waals surface area contributed by atoms with E-state index in [1.807, 2.05) is 48.5 Å². The zero-order chi connectivity index (χ0) is 17.8. The summed E-state index contributed by atoms with van der Waals surface area (Å²) >= 11 is 7.58. The Balaban J connectivity index is 1.96. The molecule has 4 nitrogen and oxygen atoms in total. The molecular formula is C19H18ClN3OS. The van der Waals surface area contributed by atoms with E-state index in [-0.39, 0.29) is 5.91 Å². The monoisotopic (exact) mass is 371 g/mol. The largest absolute Gasteiger partial charge is 0.326 e. The van der Waals surface area contributed by atoms with E-state index >= 15 is 0 Å². The van der Waals surface area contributed by atoms with Gasteiger partial charge in [0.15, 0.2) is 4.80 Å². The minimum Gasteiger partial charge on any atom is -0.326 e.